The van der Waals surface area contributed by atoms with Gasteiger partial charge in [-0.15, -0.1) is 0 Å². The van der Waals surface area contributed by atoms with Crippen LogP contribution in [0.15, 0.2) is 16.5 Å². The van der Waals surface area contributed by atoms with E-state index in [0.29, 0.717) is 5.76 Å². The lowest BCUT2D eigenvalue weighted by Gasteiger charge is -1.97. The number of amides is 1. The third-order valence-corrected chi connectivity index (χ3v) is 1.31. The van der Waals surface area contributed by atoms with Crippen LogP contribution in [0.4, 0.5) is 5.88 Å². The minimum absolute atomic E-state index is 0.267. The SMILES string of the molecule is Cc1ccc(NC(=O)CC(=O)O)o1. The highest BCUT2D eigenvalue weighted by molar-refractivity contribution is 6.00. The number of carbonyl (C=O) groups is 2. The number of carbonyl (C=O) groups excluding carboxylic acids is 1. The van der Waals surface area contributed by atoms with Crippen LogP contribution in [0, 0.1) is 6.92 Å². The summed E-state index contributed by atoms with van der Waals surface area (Å²) >= 11 is 0. The summed E-state index contributed by atoms with van der Waals surface area (Å²) in [4.78, 5) is 21.0. The van der Waals surface area contributed by atoms with E-state index in [1.807, 2.05) is 0 Å². The smallest absolute Gasteiger partial charge is 0.312 e. The molecule has 70 valence electrons. The summed E-state index contributed by atoms with van der Waals surface area (Å²) in [5, 5.41) is 10.6. The molecule has 0 aliphatic carbocycles. The van der Waals surface area contributed by atoms with E-state index in [2.05, 4.69) is 5.32 Å². The van der Waals surface area contributed by atoms with Gasteiger partial charge in [0.2, 0.25) is 5.91 Å². The molecule has 5 heteroatoms. The zero-order valence-corrected chi connectivity index (χ0v) is 7.03. The predicted molar refractivity (Wildman–Crippen MR) is 44.3 cm³/mol. The van der Waals surface area contributed by atoms with Gasteiger partial charge in [0.25, 0.3) is 0 Å². The Morgan fingerprint density at radius 1 is 1.54 bits per heavy atom. The molecule has 0 aliphatic rings. The third kappa shape index (κ3) is 2.98. The van der Waals surface area contributed by atoms with E-state index in [1.165, 1.54) is 0 Å². The monoisotopic (exact) mass is 183 g/mol. The summed E-state index contributed by atoms with van der Waals surface area (Å²) in [6.45, 7) is 1.73. The van der Waals surface area contributed by atoms with Crippen LogP contribution in [-0.2, 0) is 9.59 Å². The van der Waals surface area contributed by atoms with Gasteiger partial charge in [-0.25, -0.2) is 0 Å². The van der Waals surface area contributed by atoms with Gasteiger partial charge in [-0.05, 0) is 13.0 Å². The number of anilines is 1. The lowest BCUT2D eigenvalue weighted by molar-refractivity contribution is -0.139. The first-order valence-corrected chi connectivity index (χ1v) is 3.66. The number of furan rings is 1. The van der Waals surface area contributed by atoms with Crippen molar-refractivity contribution in [3.8, 4) is 0 Å². The van der Waals surface area contributed by atoms with Crippen molar-refractivity contribution in [2.24, 2.45) is 0 Å². The molecule has 2 N–H and O–H groups in total. The highest BCUT2D eigenvalue weighted by Crippen LogP contribution is 2.11. The molecule has 0 aliphatic heterocycles. The fourth-order valence-electron chi connectivity index (χ4n) is 0.821. The van der Waals surface area contributed by atoms with E-state index in [0.717, 1.165) is 0 Å². The molecule has 0 bridgehead atoms. The summed E-state index contributed by atoms with van der Waals surface area (Å²) in [7, 11) is 0. The van der Waals surface area contributed by atoms with Crippen molar-refractivity contribution >= 4 is 17.8 Å². The van der Waals surface area contributed by atoms with Crippen molar-refractivity contribution in [3.05, 3.63) is 17.9 Å². The van der Waals surface area contributed by atoms with Crippen LogP contribution in [0.1, 0.15) is 12.2 Å². The Morgan fingerprint density at radius 3 is 2.69 bits per heavy atom. The number of carboxylic acid groups (broad SMARTS) is 1. The maximum Gasteiger partial charge on any atom is 0.312 e. The standard InChI is InChI=1S/C8H9NO4/c1-5-2-3-7(13-5)9-6(10)4-8(11)12/h2-3H,4H2,1H3,(H,9,10)(H,11,12). The molecule has 0 saturated carbocycles. The molecule has 0 unspecified atom stereocenters. The van der Waals surface area contributed by atoms with Crippen LogP contribution in [0.3, 0.4) is 0 Å². The Labute approximate surface area is 74.4 Å². The fourth-order valence-corrected chi connectivity index (χ4v) is 0.821. The molecule has 13 heavy (non-hydrogen) atoms. The second kappa shape index (κ2) is 3.75. The maximum absolute atomic E-state index is 10.9. The van der Waals surface area contributed by atoms with E-state index >= 15 is 0 Å². The predicted octanol–water partition coefficient (Wildman–Crippen LogP) is 1.00. The van der Waals surface area contributed by atoms with Crippen molar-refractivity contribution < 1.29 is 19.1 Å². The Bertz CT molecular complexity index is 329. The average molecular weight is 183 g/mol. The van der Waals surface area contributed by atoms with Gasteiger partial charge < -0.3 is 9.52 Å². The van der Waals surface area contributed by atoms with Gasteiger partial charge in [-0.3, -0.25) is 14.9 Å². The number of rotatable bonds is 3. The minimum Gasteiger partial charge on any atom is -0.481 e. The number of hydrogen-bond donors (Lipinski definition) is 2. The topological polar surface area (TPSA) is 79.5 Å². The van der Waals surface area contributed by atoms with Crippen LogP contribution in [0.25, 0.3) is 0 Å². The lowest BCUT2D eigenvalue weighted by atomic mass is 10.4. The molecule has 0 aromatic carbocycles. The first-order valence-electron chi connectivity index (χ1n) is 3.66. The summed E-state index contributed by atoms with van der Waals surface area (Å²) in [6.07, 6.45) is -0.556. The molecule has 1 rings (SSSR count). The van der Waals surface area contributed by atoms with Crippen LogP contribution < -0.4 is 5.32 Å². The van der Waals surface area contributed by atoms with Crippen molar-refractivity contribution in [1.29, 1.82) is 0 Å². The molecule has 0 radical (unpaired) electrons. The number of carboxylic acids is 1. The van der Waals surface area contributed by atoms with Gasteiger partial charge in [0.05, 0.1) is 0 Å². The van der Waals surface area contributed by atoms with E-state index in [9.17, 15) is 9.59 Å². The van der Waals surface area contributed by atoms with Gasteiger partial charge in [0, 0.05) is 6.07 Å². The van der Waals surface area contributed by atoms with Gasteiger partial charge in [0.1, 0.15) is 12.2 Å². The summed E-state index contributed by atoms with van der Waals surface area (Å²) < 4.78 is 5.01. The minimum atomic E-state index is -1.17. The zero-order chi connectivity index (χ0) is 9.84. The third-order valence-electron chi connectivity index (χ3n) is 1.31. The molecular formula is C8H9NO4. The zero-order valence-electron chi connectivity index (χ0n) is 7.03. The first kappa shape index (κ1) is 9.31. The molecule has 1 aromatic rings. The Morgan fingerprint density at radius 2 is 2.23 bits per heavy atom. The Hall–Kier alpha value is -1.78. The van der Waals surface area contributed by atoms with E-state index < -0.39 is 18.3 Å². The highest BCUT2D eigenvalue weighted by atomic mass is 16.4. The van der Waals surface area contributed by atoms with Crippen LogP contribution in [-0.4, -0.2) is 17.0 Å². The van der Waals surface area contributed by atoms with Gasteiger partial charge in [0.15, 0.2) is 5.88 Å². The second-order valence-electron chi connectivity index (χ2n) is 2.53. The summed E-state index contributed by atoms with van der Waals surface area (Å²) in [5.41, 5.74) is 0. The molecular weight excluding hydrogens is 174 g/mol. The molecule has 1 aromatic heterocycles. The number of nitrogens with one attached hydrogen (secondary N) is 1. The number of hydrogen-bond acceptors (Lipinski definition) is 3. The Balaban J connectivity index is 2.50. The number of aryl methyl sites for hydroxylation is 1. The van der Waals surface area contributed by atoms with Crippen LogP contribution >= 0.6 is 0 Å². The first-order chi connectivity index (χ1) is 6.08. The quantitative estimate of drug-likeness (QED) is 0.685. The van der Waals surface area contributed by atoms with E-state index in [-0.39, 0.29) is 5.88 Å². The van der Waals surface area contributed by atoms with Crippen molar-refractivity contribution in [2.75, 3.05) is 5.32 Å². The van der Waals surface area contributed by atoms with Gasteiger partial charge in [-0.2, -0.15) is 0 Å². The largest absolute Gasteiger partial charge is 0.481 e. The normalized spacial score (nSPS) is 9.62. The fraction of sp³-hybridized carbons (Fsp3) is 0.250. The molecule has 5 nitrogen and oxygen atoms in total. The molecule has 1 heterocycles. The maximum atomic E-state index is 10.9. The van der Waals surface area contributed by atoms with E-state index in [1.54, 1.807) is 19.1 Å². The van der Waals surface area contributed by atoms with Crippen LogP contribution in [0.2, 0.25) is 0 Å². The second-order valence-corrected chi connectivity index (χ2v) is 2.53. The molecule has 0 saturated heterocycles. The van der Waals surface area contributed by atoms with E-state index in [4.69, 9.17) is 9.52 Å². The molecule has 1 amide bonds. The molecule has 0 spiro atoms. The van der Waals surface area contributed by atoms with Crippen molar-refractivity contribution in [3.63, 3.8) is 0 Å². The highest BCUT2D eigenvalue weighted by Gasteiger charge is 2.08. The number of aliphatic carboxylic acids is 1. The molecule has 0 atom stereocenters. The molecule has 0 fully saturated rings. The van der Waals surface area contributed by atoms with Crippen LogP contribution in [0.5, 0.6) is 0 Å². The summed E-state index contributed by atoms with van der Waals surface area (Å²) in [5.74, 6) is -0.836. The van der Waals surface area contributed by atoms with Gasteiger partial charge in [-0.1, -0.05) is 0 Å². The summed E-state index contributed by atoms with van der Waals surface area (Å²) in [6, 6.07) is 3.24. The average Bonchev–Trinajstić information content (AvgIpc) is 2.33. The van der Waals surface area contributed by atoms with Crippen molar-refractivity contribution in [1.82, 2.24) is 0 Å². The van der Waals surface area contributed by atoms with Gasteiger partial charge >= 0.3 is 5.97 Å². The lowest BCUT2D eigenvalue weighted by Crippen LogP contribution is -2.15. The Kier molecular flexibility index (Phi) is 2.69. The van der Waals surface area contributed by atoms with Crippen molar-refractivity contribution in [2.45, 2.75) is 13.3 Å².